The largest absolute Gasteiger partial charge is 0.456 e. The number of fused-ring (bicyclic) bond motifs is 2. The van der Waals surface area contributed by atoms with E-state index in [0.717, 1.165) is 39.4 Å². The van der Waals surface area contributed by atoms with Crippen LogP contribution >= 0.6 is 0 Å². The molecular weight excluding hydrogens is 332 g/mol. The molecule has 27 heavy (non-hydrogen) atoms. The van der Waals surface area contributed by atoms with Crippen molar-refractivity contribution in [1.82, 2.24) is 0 Å². The van der Waals surface area contributed by atoms with E-state index < -0.39 is 0 Å². The number of furan rings is 2. The second-order valence-electron chi connectivity index (χ2n) is 7.23. The highest BCUT2D eigenvalue weighted by Crippen LogP contribution is 2.34. The summed E-state index contributed by atoms with van der Waals surface area (Å²) in [6.07, 6.45) is 0. The molecule has 3 aromatic carbocycles. The van der Waals surface area contributed by atoms with Gasteiger partial charge in [0.2, 0.25) is 0 Å². The Labute approximate surface area is 158 Å². The van der Waals surface area contributed by atoms with Gasteiger partial charge in [0.05, 0.1) is 0 Å². The summed E-state index contributed by atoms with van der Waals surface area (Å²) in [6, 6.07) is 23.0. The molecule has 0 fully saturated rings. The van der Waals surface area contributed by atoms with E-state index in [2.05, 4.69) is 75.4 Å². The number of aryl methyl sites for hydroxylation is 3. The van der Waals surface area contributed by atoms with Crippen LogP contribution in [0.2, 0.25) is 0 Å². The molecule has 0 aliphatic rings. The van der Waals surface area contributed by atoms with Crippen LogP contribution in [0.5, 0.6) is 0 Å². The molecule has 2 heterocycles. The molecule has 0 N–H and O–H groups in total. The van der Waals surface area contributed by atoms with Gasteiger partial charge in [0.25, 0.3) is 0 Å². The van der Waals surface area contributed by atoms with Crippen molar-refractivity contribution in [3.63, 3.8) is 0 Å². The van der Waals surface area contributed by atoms with Gasteiger partial charge in [-0.25, -0.2) is 0 Å². The zero-order valence-corrected chi connectivity index (χ0v) is 15.7. The summed E-state index contributed by atoms with van der Waals surface area (Å²) < 4.78 is 12.2. The molecule has 0 radical (unpaired) electrons. The Balaban J connectivity index is 1.56. The fraction of sp³-hybridized carbons (Fsp3) is 0.120. The molecule has 0 saturated heterocycles. The molecule has 132 valence electrons. The first kappa shape index (κ1) is 16.0. The number of rotatable bonds is 2. The maximum atomic E-state index is 6.15. The predicted octanol–water partition coefficient (Wildman–Crippen LogP) is 7.44. The minimum absolute atomic E-state index is 0.891. The minimum Gasteiger partial charge on any atom is -0.456 e. The second kappa shape index (κ2) is 5.88. The van der Waals surface area contributed by atoms with Gasteiger partial charge in [0, 0.05) is 21.9 Å². The number of hydrogen-bond acceptors (Lipinski definition) is 2. The average molecular weight is 352 g/mol. The van der Waals surface area contributed by atoms with E-state index in [0.29, 0.717) is 0 Å². The van der Waals surface area contributed by atoms with Gasteiger partial charge in [0.1, 0.15) is 22.7 Å². The highest BCUT2D eigenvalue weighted by Gasteiger charge is 2.12. The Morgan fingerprint density at radius 3 is 1.81 bits per heavy atom. The number of hydrogen-bond donors (Lipinski definition) is 0. The second-order valence-corrected chi connectivity index (χ2v) is 7.23. The van der Waals surface area contributed by atoms with Crippen molar-refractivity contribution >= 4 is 21.9 Å². The molecular formula is C25H20O2. The Morgan fingerprint density at radius 1 is 0.556 bits per heavy atom. The van der Waals surface area contributed by atoms with Crippen molar-refractivity contribution in [2.75, 3.05) is 0 Å². The molecule has 2 nitrogen and oxygen atoms in total. The van der Waals surface area contributed by atoms with Gasteiger partial charge in [-0.2, -0.15) is 0 Å². The molecule has 0 atom stereocenters. The van der Waals surface area contributed by atoms with Crippen molar-refractivity contribution in [2.24, 2.45) is 0 Å². The van der Waals surface area contributed by atoms with Gasteiger partial charge >= 0.3 is 0 Å². The van der Waals surface area contributed by atoms with Crippen LogP contribution in [0.15, 0.2) is 75.6 Å². The average Bonchev–Trinajstić information content (AvgIpc) is 3.31. The van der Waals surface area contributed by atoms with Crippen molar-refractivity contribution in [1.29, 1.82) is 0 Å². The summed E-state index contributed by atoms with van der Waals surface area (Å²) >= 11 is 0. The molecule has 0 saturated carbocycles. The van der Waals surface area contributed by atoms with E-state index >= 15 is 0 Å². The Hall–Kier alpha value is -3.26. The first-order valence-electron chi connectivity index (χ1n) is 9.20. The summed E-state index contributed by atoms with van der Waals surface area (Å²) in [7, 11) is 0. The lowest BCUT2D eigenvalue weighted by Crippen LogP contribution is -1.76. The van der Waals surface area contributed by atoms with E-state index in [1.165, 1.54) is 21.9 Å². The standard InChI is InChI=1S/C25H20O2/c1-15-5-4-6-22-20(15)13-23(26-22)18-9-11-19(12-10-18)24-14-21-16(2)7-8-17(3)25(21)27-24/h4-14H,1-3H3. The first-order chi connectivity index (χ1) is 13.1. The van der Waals surface area contributed by atoms with E-state index in [4.69, 9.17) is 8.83 Å². The SMILES string of the molecule is Cc1cccc2oc(-c3ccc(-c4cc5c(C)ccc(C)c5o4)cc3)cc12. The maximum Gasteiger partial charge on any atom is 0.137 e. The molecule has 0 bridgehead atoms. The molecule has 0 aliphatic heterocycles. The smallest absolute Gasteiger partial charge is 0.137 e. The van der Waals surface area contributed by atoms with Crippen LogP contribution < -0.4 is 0 Å². The summed E-state index contributed by atoms with van der Waals surface area (Å²) in [5, 5.41) is 2.35. The lowest BCUT2D eigenvalue weighted by Gasteiger charge is -2.00. The van der Waals surface area contributed by atoms with Crippen molar-refractivity contribution < 1.29 is 8.83 Å². The van der Waals surface area contributed by atoms with E-state index in [1.54, 1.807) is 0 Å². The summed E-state index contributed by atoms with van der Waals surface area (Å²) in [4.78, 5) is 0. The van der Waals surface area contributed by atoms with Crippen LogP contribution in [0.4, 0.5) is 0 Å². The van der Waals surface area contributed by atoms with Crippen LogP contribution in [0.3, 0.4) is 0 Å². The first-order valence-corrected chi connectivity index (χ1v) is 9.20. The van der Waals surface area contributed by atoms with Crippen LogP contribution in [-0.4, -0.2) is 0 Å². The molecule has 0 unspecified atom stereocenters. The molecule has 2 heteroatoms. The van der Waals surface area contributed by atoms with Gasteiger partial charge in [0.15, 0.2) is 0 Å². The van der Waals surface area contributed by atoms with Crippen LogP contribution in [0, 0.1) is 20.8 Å². The van der Waals surface area contributed by atoms with Crippen molar-refractivity contribution in [2.45, 2.75) is 20.8 Å². The fourth-order valence-corrected chi connectivity index (χ4v) is 3.68. The summed E-state index contributed by atoms with van der Waals surface area (Å²) in [6.45, 7) is 6.31. The minimum atomic E-state index is 0.891. The van der Waals surface area contributed by atoms with Crippen LogP contribution in [-0.2, 0) is 0 Å². The zero-order chi connectivity index (χ0) is 18.5. The highest BCUT2D eigenvalue weighted by atomic mass is 16.3. The van der Waals surface area contributed by atoms with Crippen molar-refractivity contribution in [3.8, 4) is 22.6 Å². The monoisotopic (exact) mass is 352 g/mol. The predicted molar refractivity (Wildman–Crippen MR) is 111 cm³/mol. The Kier molecular flexibility index (Phi) is 3.48. The molecule has 5 rings (SSSR count). The third-order valence-corrected chi connectivity index (χ3v) is 5.33. The highest BCUT2D eigenvalue weighted by molar-refractivity contribution is 5.89. The molecule has 0 aliphatic carbocycles. The third kappa shape index (κ3) is 2.57. The molecule has 2 aromatic heterocycles. The molecule has 0 amide bonds. The van der Waals surface area contributed by atoms with E-state index in [1.807, 2.05) is 12.1 Å². The molecule has 0 spiro atoms. The Bertz CT molecular complexity index is 1240. The van der Waals surface area contributed by atoms with Gasteiger partial charge in [-0.3, -0.25) is 0 Å². The lowest BCUT2D eigenvalue weighted by molar-refractivity contribution is 0.627. The fourth-order valence-electron chi connectivity index (χ4n) is 3.68. The van der Waals surface area contributed by atoms with Crippen LogP contribution in [0.25, 0.3) is 44.6 Å². The lowest BCUT2D eigenvalue weighted by atomic mass is 10.1. The zero-order valence-electron chi connectivity index (χ0n) is 15.7. The third-order valence-electron chi connectivity index (χ3n) is 5.33. The van der Waals surface area contributed by atoms with Gasteiger partial charge in [-0.1, -0.05) is 48.5 Å². The Morgan fingerprint density at radius 2 is 1.15 bits per heavy atom. The maximum absolute atomic E-state index is 6.15. The van der Waals surface area contributed by atoms with Gasteiger partial charge in [-0.15, -0.1) is 0 Å². The summed E-state index contributed by atoms with van der Waals surface area (Å²) in [5.41, 5.74) is 7.67. The van der Waals surface area contributed by atoms with Crippen LogP contribution in [0.1, 0.15) is 16.7 Å². The van der Waals surface area contributed by atoms with E-state index in [-0.39, 0.29) is 0 Å². The number of benzene rings is 3. The van der Waals surface area contributed by atoms with Gasteiger partial charge < -0.3 is 8.83 Å². The van der Waals surface area contributed by atoms with E-state index in [9.17, 15) is 0 Å². The summed E-state index contributed by atoms with van der Waals surface area (Å²) in [5.74, 6) is 1.79. The normalized spacial score (nSPS) is 11.5. The topological polar surface area (TPSA) is 26.3 Å². The van der Waals surface area contributed by atoms with Crippen molar-refractivity contribution in [3.05, 3.63) is 83.4 Å². The molecule has 5 aromatic rings. The van der Waals surface area contributed by atoms with Gasteiger partial charge in [-0.05, 0) is 55.7 Å². The quantitative estimate of drug-likeness (QED) is 0.330.